The molecule has 26 heavy (non-hydrogen) atoms. The molecule has 0 saturated heterocycles. The van der Waals surface area contributed by atoms with Gasteiger partial charge in [0.1, 0.15) is 5.82 Å². The summed E-state index contributed by atoms with van der Waals surface area (Å²) in [5.74, 6) is 0.412. The van der Waals surface area contributed by atoms with E-state index in [-0.39, 0.29) is 17.2 Å². The number of aromatic nitrogens is 1. The van der Waals surface area contributed by atoms with Gasteiger partial charge in [-0.05, 0) is 49.7 Å². The predicted molar refractivity (Wildman–Crippen MR) is 86.4 cm³/mol. The van der Waals surface area contributed by atoms with Crippen LogP contribution < -0.4 is 11.1 Å². The summed E-state index contributed by atoms with van der Waals surface area (Å²) in [7, 11) is 0. The van der Waals surface area contributed by atoms with Crippen molar-refractivity contribution >= 4 is 5.82 Å². The Kier molecular flexibility index (Phi) is 5.23. The van der Waals surface area contributed by atoms with Crippen LogP contribution in [0.25, 0.3) is 11.1 Å². The molecule has 2 aromatic rings. The normalized spacial score (nSPS) is 13.0. The second-order valence-corrected chi connectivity index (χ2v) is 6.57. The number of nitrogens with zero attached hydrogens (tertiary/aromatic N) is 1. The van der Waals surface area contributed by atoms with Gasteiger partial charge in [0, 0.05) is 23.8 Å². The molecule has 0 saturated carbocycles. The van der Waals surface area contributed by atoms with Crippen molar-refractivity contribution in [3.05, 3.63) is 47.7 Å². The van der Waals surface area contributed by atoms with E-state index in [0.29, 0.717) is 24.5 Å². The van der Waals surface area contributed by atoms with Crippen LogP contribution in [0.15, 0.2) is 36.5 Å². The number of anilines is 1. The summed E-state index contributed by atoms with van der Waals surface area (Å²) in [5.41, 5.74) is 2.49. The van der Waals surface area contributed by atoms with E-state index in [0.717, 1.165) is 0 Å². The van der Waals surface area contributed by atoms with Crippen molar-refractivity contribution in [3.8, 4) is 11.1 Å². The Hall–Kier alpha value is -2.29. The molecule has 0 aliphatic rings. The van der Waals surface area contributed by atoms with Crippen molar-refractivity contribution in [2.75, 3.05) is 11.9 Å². The van der Waals surface area contributed by atoms with Gasteiger partial charge >= 0.3 is 12.4 Å². The fourth-order valence-corrected chi connectivity index (χ4v) is 2.11. The molecule has 3 N–H and O–H groups in total. The maximum atomic E-state index is 12.9. The molecule has 0 amide bonds. The third-order valence-electron chi connectivity index (χ3n) is 3.41. The van der Waals surface area contributed by atoms with E-state index >= 15 is 0 Å². The number of benzene rings is 1. The van der Waals surface area contributed by atoms with Gasteiger partial charge < -0.3 is 11.1 Å². The van der Waals surface area contributed by atoms with Crippen molar-refractivity contribution in [2.45, 2.75) is 31.7 Å². The van der Waals surface area contributed by atoms with E-state index < -0.39 is 29.0 Å². The quantitative estimate of drug-likeness (QED) is 0.743. The van der Waals surface area contributed by atoms with Gasteiger partial charge in [0.15, 0.2) is 0 Å². The van der Waals surface area contributed by atoms with Crippen LogP contribution in [0.5, 0.6) is 0 Å². The van der Waals surface area contributed by atoms with Crippen LogP contribution in [-0.4, -0.2) is 17.1 Å². The molecule has 0 unspecified atom stereocenters. The van der Waals surface area contributed by atoms with Crippen LogP contribution in [-0.2, 0) is 12.4 Å². The highest BCUT2D eigenvalue weighted by molar-refractivity contribution is 5.66. The summed E-state index contributed by atoms with van der Waals surface area (Å²) >= 11 is 0. The van der Waals surface area contributed by atoms with Crippen LogP contribution >= 0.6 is 0 Å². The fraction of sp³-hybridized carbons (Fsp3) is 0.353. The molecular weight excluding hydrogens is 360 g/mol. The molecule has 1 heterocycles. The molecule has 3 nitrogen and oxygen atoms in total. The molecule has 0 aliphatic heterocycles. The molecule has 1 aromatic heterocycles. The van der Waals surface area contributed by atoms with E-state index in [1.165, 1.54) is 18.3 Å². The SMILES string of the molecule is CC(C)(N)CNc1ccc(-c2cc(C(F)(F)F)cc(C(F)(F)F)c2)cn1. The van der Waals surface area contributed by atoms with Gasteiger partial charge in [0.25, 0.3) is 0 Å². The zero-order chi connectivity index (χ0) is 19.8. The zero-order valence-electron chi connectivity index (χ0n) is 14.0. The summed E-state index contributed by atoms with van der Waals surface area (Å²) in [5, 5.41) is 2.94. The van der Waals surface area contributed by atoms with Crippen LogP contribution in [0, 0.1) is 0 Å². The maximum absolute atomic E-state index is 12.9. The molecule has 0 aliphatic carbocycles. The number of alkyl halides is 6. The Balaban J connectivity index is 2.38. The van der Waals surface area contributed by atoms with Crippen molar-refractivity contribution < 1.29 is 26.3 Å². The fourth-order valence-electron chi connectivity index (χ4n) is 2.11. The van der Waals surface area contributed by atoms with E-state index in [4.69, 9.17) is 5.73 Å². The first-order chi connectivity index (χ1) is 11.8. The first-order valence-electron chi connectivity index (χ1n) is 7.54. The number of hydrogen-bond donors (Lipinski definition) is 2. The summed E-state index contributed by atoms with van der Waals surface area (Å²) in [6, 6.07) is 4.30. The van der Waals surface area contributed by atoms with E-state index in [1.807, 2.05) is 0 Å². The number of hydrogen-bond acceptors (Lipinski definition) is 3. The number of nitrogens with two attached hydrogens (primary N) is 1. The molecule has 1 aromatic carbocycles. The summed E-state index contributed by atoms with van der Waals surface area (Å²) < 4.78 is 77.5. The lowest BCUT2D eigenvalue weighted by Crippen LogP contribution is -2.39. The van der Waals surface area contributed by atoms with Crippen LogP contribution in [0.3, 0.4) is 0 Å². The van der Waals surface area contributed by atoms with Crippen molar-refractivity contribution in [3.63, 3.8) is 0 Å². The predicted octanol–water partition coefficient (Wildman–Crippen LogP) is 4.94. The van der Waals surface area contributed by atoms with Crippen LogP contribution in [0.1, 0.15) is 25.0 Å². The molecule has 9 heteroatoms. The average molecular weight is 377 g/mol. The highest BCUT2D eigenvalue weighted by Gasteiger charge is 2.37. The Morgan fingerprint density at radius 1 is 0.885 bits per heavy atom. The molecule has 0 fully saturated rings. The summed E-state index contributed by atoms with van der Waals surface area (Å²) in [4.78, 5) is 4.01. The standard InChI is InChI=1S/C17H17F6N3/c1-15(2,24)9-26-14-4-3-10(8-25-14)11-5-12(16(18,19)20)7-13(6-11)17(21,22)23/h3-8H,9,24H2,1-2H3,(H,25,26). The number of rotatable bonds is 4. The van der Waals surface area contributed by atoms with Gasteiger partial charge in [-0.3, -0.25) is 0 Å². The molecule has 142 valence electrons. The van der Waals surface area contributed by atoms with Gasteiger partial charge in [-0.15, -0.1) is 0 Å². The summed E-state index contributed by atoms with van der Waals surface area (Å²) in [6.07, 6.45) is -8.57. The highest BCUT2D eigenvalue weighted by Crippen LogP contribution is 2.38. The average Bonchev–Trinajstić information content (AvgIpc) is 2.50. The van der Waals surface area contributed by atoms with E-state index in [9.17, 15) is 26.3 Å². The molecule has 0 spiro atoms. The minimum atomic E-state index is -4.89. The van der Waals surface area contributed by atoms with Gasteiger partial charge in [-0.25, -0.2) is 4.98 Å². The lowest BCUT2D eigenvalue weighted by atomic mass is 10.00. The minimum absolute atomic E-state index is 0.0934. The van der Waals surface area contributed by atoms with E-state index in [1.54, 1.807) is 13.8 Å². The van der Waals surface area contributed by atoms with E-state index in [2.05, 4.69) is 10.3 Å². The Morgan fingerprint density at radius 3 is 1.81 bits per heavy atom. The van der Waals surface area contributed by atoms with Crippen molar-refractivity contribution in [1.29, 1.82) is 0 Å². The Bertz CT molecular complexity index is 726. The Morgan fingerprint density at radius 2 is 1.42 bits per heavy atom. The summed E-state index contributed by atoms with van der Waals surface area (Å²) in [6.45, 7) is 3.96. The van der Waals surface area contributed by atoms with Crippen LogP contribution in [0.2, 0.25) is 0 Å². The van der Waals surface area contributed by atoms with Crippen molar-refractivity contribution in [1.82, 2.24) is 4.98 Å². The van der Waals surface area contributed by atoms with Gasteiger partial charge in [0.2, 0.25) is 0 Å². The third-order valence-corrected chi connectivity index (χ3v) is 3.41. The molecule has 0 bridgehead atoms. The number of pyridine rings is 1. The first-order valence-corrected chi connectivity index (χ1v) is 7.54. The lowest BCUT2D eigenvalue weighted by molar-refractivity contribution is -0.143. The smallest absolute Gasteiger partial charge is 0.368 e. The largest absolute Gasteiger partial charge is 0.416 e. The monoisotopic (exact) mass is 377 g/mol. The maximum Gasteiger partial charge on any atom is 0.416 e. The van der Waals surface area contributed by atoms with Crippen molar-refractivity contribution in [2.24, 2.45) is 5.73 Å². The molecular formula is C17H17F6N3. The second kappa shape index (κ2) is 6.79. The second-order valence-electron chi connectivity index (χ2n) is 6.57. The number of halogens is 6. The topological polar surface area (TPSA) is 50.9 Å². The Labute approximate surface area is 146 Å². The number of nitrogens with one attached hydrogen (secondary N) is 1. The first kappa shape index (κ1) is 20.0. The van der Waals surface area contributed by atoms with Gasteiger partial charge in [-0.2, -0.15) is 26.3 Å². The lowest BCUT2D eigenvalue weighted by Gasteiger charge is -2.19. The highest BCUT2D eigenvalue weighted by atomic mass is 19.4. The third kappa shape index (κ3) is 5.35. The molecule has 0 atom stereocenters. The van der Waals surface area contributed by atoms with Gasteiger partial charge in [0.05, 0.1) is 11.1 Å². The zero-order valence-corrected chi connectivity index (χ0v) is 14.0. The molecule has 2 rings (SSSR count). The van der Waals surface area contributed by atoms with Crippen LogP contribution in [0.4, 0.5) is 32.2 Å². The molecule has 0 radical (unpaired) electrons. The van der Waals surface area contributed by atoms with Gasteiger partial charge in [-0.1, -0.05) is 0 Å². The minimum Gasteiger partial charge on any atom is -0.368 e.